The maximum Gasteiger partial charge on any atom is 0.259 e. The van der Waals surface area contributed by atoms with Crippen molar-refractivity contribution in [3.05, 3.63) is 0 Å². The molecule has 0 aromatic carbocycles. The van der Waals surface area contributed by atoms with Crippen molar-refractivity contribution >= 4 is 8.53 Å². The molecule has 2 rings (SSSR count). The first-order valence-corrected chi connectivity index (χ1v) is 9.08. The second-order valence-electron chi connectivity index (χ2n) is 7.38. The second-order valence-corrected chi connectivity index (χ2v) is 8.88. The lowest BCUT2D eigenvalue weighted by Crippen LogP contribution is -2.61. The molecule has 4 nitrogen and oxygen atoms in total. The highest BCUT2D eigenvalue weighted by Gasteiger charge is 2.43. The molecule has 2 aliphatic rings. The highest BCUT2D eigenvalue weighted by Crippen LogP contribution is 2.50. The van der Waals surface area contributed by atoms with Crippen LogP contribution in [0.2, 0.25) is 0 Å². The Kier molecular flexibility index (Phi) is 5.47. The van der Waals surface area contributed by atoms with Gasteiger partial charge in [-0.1, -0.05) is 13.3 Å². The van der Waals surface area contributed by atoms with Gasteiger partial charge >= 0.3 is 0 Å². The van der Waals surface area contributed by atoms with E-state index in [9.17, 15) is 0 Å². The molecule has 0 aromatic heterocycles. The zero-order valence-electron chi connectivity index (χ0n) is 13.7. The molecule has 2 saturated heterocycles. The summed E-state index contributed by atoms with van der Waals surface area (Å²) in [5.74, 6) is 0. The summed E-state index contributed by atoms with van der Waals surface area (Å²) in [7, 11) is -0.820. The standard InChI is InChI=1S/C15H31N2O2P/c1-6-7-8-17(20-18-9-10-19-20)13-11-14(2,3)16-15(4,5)12-13/h13,16H,6-12H2,1-5H3. The van der Waals surface area contributed by atoms with Crippen LogP contribution in [-0.2, 0) is 9.05 Å². The molecule has 5 heteroatoms. The topological polar surface area (TPSA) is 33.7 Å². The molecular weight excluding hydrogens is 271 g/mol. The van der Waals surface area contributed by atoms with Crippen molar-refractivity contribution < 1.29 is 9.05 Å². The van der Waals surface area contributed by atoms with Gasteiger partial charge in [0, 0.05) is 23.7 Å². The minimum Gasteiger partial charge on any atom is -0.319 e. The first-order valence-electron chi connectivity index (χ1n) is 7.95. The highest BCUT2D eigenvalue weighted by atomic mass is 31.2. The molecule has 0 unspecified atom stereocenters. The van der Waals surface area contributed by atoms with E-state index < -0.39 is 8.53 Å². The number of hydrogen-bond acceptors (Lipinski definition) is 4. The number of piperidine rings is 1. The lowest BCUT2D eigenvalue weighted by Gasteiger charge is -2.50. The highest BCUT2D eigenvalue weighted by molar-refractivity contribution is 7.44. The fourth-order valence-electron chi connectivity index (χ4n) is 3.61. The summed E-state index contributed by atoms with van der Waals surface area (Å²) in [6.45, 7) is 14.1. The second kappa shape index (κ2) is 6.58. The fourth-order valence-corrected chi connectivity index (χ4v) is 5.18. The van der Waals surface area contributed by atoms with Gasteiger partial charge in [0.25, 0.3) is 8.53 Å². The van der Waals surface area contributed by atoms with E-state index in [1.54, 1.807) is 0 Å². The molecule has 0 bridgehead atoms. The Hall–Kier alpha value is 0.270. The van der Waals surface area contributed by atoms with Crippen molar-refractivity contribution in [1.29, 1.82) is 0 Å². The molecule has 0 spiro atoms. The molecule has 2 heterocycles. The average molecular weight is 302 g/mol. The maximum absolute atomic E-state index is 5.85. The number of nitrogens with one attached hydrogen (secondary N) is 1. The van der Waals surface area contributed by atoms with Crippen LogP contribution in [0.3, 0.4) is 0 Å². The van der Waals surface area contributed by atoms with Crippen molar-refractivity contribution in [2.24, 2.45) is 0 Å². The first-order chi connectivity index (χ1) is 9.33. The Morgan fingerprint density at radius 3 is 2.15 bits per heavy atom. The van der Waals surface area contributed by atoms with E-state index in [2.05, 4.69) is 44.6 Å². The van der Waals surface area contributed by atoms with Crippen LogP contribution in [0, 0.1) is 0 Å². The van der Waals surface area contributed by atoms with Crippen LogP contribution in [0.15, 0.2) is 0 Å². The van der Waals surface area contributed by atoms with Crippen LogP contribution in [0.1, 0.15) is 60.3 Å². The number of unbranched alkanes of at least 4 members (excludes halogenated alkanes) is 1. The lowest BCUT2D eigenvalue weighted by molar-refractivity contribution is 0.100. The molecular formula is C15H31N2O2P. The van der Waals surface area contributed by atoms with Gasteiger partial charge in [-0.2, -0.15) is 0 Å². The summed E-state index contributed by atoms with van der Waals surface area (Å²) in [6, 6.07) is 0.553. The smallest absolute Gasteiger partial charge is 0.259 e. The first kappa shape index (κ1) is 16.6. The van der Waals surface area contributed by atoms with Crippen molar-refractivity contribution in [3.63, 3.8) is 0 Å². The third-order valence-corrected chi connectivity index (χ3v) is 5.78. The lowest BCUT2D eigenvalue weighted by atomic mass is 9.79. The zero-order chi connectivity index (χ0) is 14.8. The van der Waals surface area contributed by atoms with Crippen molar-refractivity contribution in [3.8, 4) is 0 Å². The number of hydrogen-bond donors (Lipinski definition) is 1. The van der Waals surface area contributed by atoms with Gasteiger partial charge in [0.2, 0.25) is 0 Å². The molecule has 2 aliphatic heterocycles. The molecule has 0 aliphatic carbocycles. The van der Waals surface area contributed by atoms with Gasteiger partial charge in [-0.25, -0.2) is 4.67 Å². The predicted octanol–water partition coefficient (Wildman–Crippen LogP) is 3.67. The van der Waals surface area contributed by atoms with Crippen LogP contribution in [0.5, 0.6) is 0 Å². The Balaban J connectivity index is 2.09. The van der Waals surface area contributed by atoms with Gasteiger partial charge in [-0.3, -0.25) is 0 Å². The van der Waals surface area contributed by atoms with E-state index in [4.69, 9.17) is 9.05 Å². The van der Waals surface area contributed by atoms with Gasteiger partial charge in [-0.15, -0.1) is 0 Å². The van der Waals surface area contributed by atoms with Gasteiger partial charge in [0.1, 0.15) is 0 Å². The normalized spacial score (nSPS) is 27.3. The Morgan fingerprint density at radius 2 is 1.65 bits per heavy atom. The van der Waals surface area contributed by atoms with E-state index in [1.165, 1.54) is 12.8 Å². The Bertz CT molecular complexity index is 301. The third-order valence-electron chi connectivity index (χ3n) is 4.03. The Morgan fingerprint density at radius 1 is 1.10 bits per heavy atom. The molecule has 1 N–H and O–H groups in total. The van der Waals surface area contributed by atoms with Gasteiger partial charge in [0.05, 0.1) is 13.2 Å². The van der Waals surface area contributed by atoms with E-state index in [0.717, 1.165) is 32.6 Å². The molecule has 0 saturated carbocycles. The van der Waals surface area contributed by atoms with Crippen molar-refractivity contribution in [2.75, 3.05) is 19.8 Å². The molecule has 0 aromatic rings. The van der Waals surface area contributed by atoms with Gasteiger partial charge in [-0.05, 0) is 47.0 Å². The molecule has 2 fully saturated rings. The summed E-state index contributed by atoms with van der Waals surface area (Å²) in [4.78, 5) is 0. The zero-order valence-corrected chi connectivity index (χ0v) is 14.6. The van der Waals surface area contributed by atoms with E-state index in [0.29, 0.717) is 6.04 Å². The molecule has 20 heavy (non-hydrogen) atoms. The number of rotatable bonds is 5. The van der Waals surface area contributed by atoms with Crippen LogP contribution in [0.25, 0.3) is 0 Å². The monoisotopic (exact) mass is 302 g/mol. The molecule has 0 amide bonds. The predicted molar refractivity (Wildman–Crippen MR) is 84.8 cm³/mol. The average Bonchev–Trinajstić information content (AvgIpc) is 2.79. The quantitative estimate of drug-likeness (QED) is 0.786. The van der Waals surface area contributed by atoms with Crippen LogP contribution >= 0.6 is 8.53 Å². The molecule has 118 valence electrons. The number of nitrogens with zero attached hydrogens (tertiary/aromatic N) is 1. The van der Waals surface area contributed by atoms with Crippen molar-refractivity contribution in [1.82, 2.24) is 9.99 Å². The van der Waals surface area contributed by atoms with Crippen LogP contribution in [0.4, 0.5) is 0 Å². The summed E-state index contributed by atoms with van der Waals surface area (Å²) < 4.78 is 14.2. The van der Waals surface area contributed by atoms with E-state index in [1.807, 2.05) is 0 Å². The summed E-state index contributed by atoms with van der Waals surface area (Å²) in [5.41, 5.74) is 0.345. The minimum absolute atomic E-state index is 0.173. The summed E-state index contributed by atoms with van der Waals surface area (Å²) in [6.07, 6.45) is 4.76. The summed E-state index contributed by atoms with van der Waals surface area (Å²) in [5, 5.41) is 3.76. The van der Waals surface area contributed by atoms with Gasteiger partial charge < -0.3 is 14.4 Å². The third kappa shape index (κ3) is 4.38. The SMILES string of the molecule is CCCCN(C1CC(C)(C)NC(C)(C)C1)P1OCCO1. The minimum atomic E-state index is -0.820. The molecule has 0 radical (unpaired) electrons. The van der Waals surface area contributed by atoms with Crippen molar-refractivity contribution in [2.45, 2.75) is 77.4 Å². The Labute approximate surface area is 125 Å². The summed E-state index contributed by atoms with van der Waals surface area (Å²) >= 11 is 0. The van der Waals surface area contributed by atoms with Crippen LogP contribution < -0.4 is 5.32 Å². The van der Waals surface area contributed by atoms with E-state index in [-0.39, 0.29) is 11.1 Å². The van der Waals surface area contributed by atoms with Crippen LogP contribution in [-0.4, -0.2) is 41.5 Å². The fraction of sp³-hybridized carbons (Fsp3) is 1.00. The van der Waals surface area contributed by atoms with E-state index >= 15 is 0 Å². The maximum atomic E-state index is 5.85. The largest absolute Gasteiger partial charge is 0.319 e. The molecule has 0 atom stereocenters. The van der Waals surface area contributed by atoms with Gasteiger partial charge in [0.15, 0.2) is 0 Å².